The molecule has 0 spiro atoms. The Morgan fingerprint density at radius 3 is 1.97 bits per heavy atom. The Morgan fingerprint density at radius 2 is 1.50 bits per heavy atom. The molecule has 3 rings (SSSR count). The lowest BCUT2D eigenvalue weighted by Crippen LogP contribution is -2.51. The van der Waals surface area contributed by atoms with Crippen LogP contribution in [0.25, 0.3) is 12.2 Å². The highest BCUT2D eigenvalue weighted by atomic mass is 35.5. The van der Waals surface area contributed by atoms with Crippen LogP contribution < -0.4 is 5.43 Å². The number of allylic oxidation sites excluding steroid dienone is 2. The van der Waals surface area contributed by atoms with E-state index in [9.17, 15) is 4.79 Å². The molecule has 7 heteroatoms. The lowest BCUT2D eigenvalue weighted by molar-refractivity contribution is -0.126. The second-order valence-corrected chi connectivity index (χ2v) is 9.20. The number of nitrogens with one attached hydrogen (secondary N) is 1. The summed E-state index contributed by atoms with van der Waals surface area (Å²) in [5.41, 5.74) is 5.54. The number of carbonyl (C=O) groups is 1. The van der Waals surface area contributed by atoms with E-state index in [1.807, 2.05) is 72.8 Å². The molecule has 0 saturated carbocycles. The highest BCUT2D eigenvalue weighted by Gasteiger charge is 2.30. The third-order valence-electron chi connectivity index (χ3n) is 4.80. The van der Waals surface area contributed by atoms with E-state index < -0.39 is 0 Å². The molecule has 0 aliphatic carbocycles. The Hall–Kier alpha value is -2.89. The van der Waals surface area contributed by atoms with Crippen LogP contribution in [0.2, 0.25) is 10.0 Å². The molecule has 0 unspecified atom stereocenters. The van der Waals surface area contributed by atoms with Crippen LogP contribution in [-0.2, 0) is 4.79 Å². The largest absolute Gasteiger partial charge is 0.281 e. The SMILES string of the molecule is CC(=O)N1CC(C)(C)CN=C1NN=C(C=Cc1ccc(Cl)cc1)C=Cc1ccc(Cl)cc1. The molecule has 5 nitrogen and oxygen atoms in total. The first-order chi connectivity index (χ1) is 15.2. The highest BCUT2D eigenvalue weighted by molar-refractivity contribution is 6.30. The van der Waals surface area contributed by atoms with Crippen LogP contribution in [0.1, 0.15) is 31.9 Å². The minimum atomic E-state index is -0.0770. The summed E-state index contributed by atoms with van der Waals surface area (Å²) in [4.78, 5) is 18.3. The first kappa shape index (κ1) is 23.8. The molecular formula is C25H26Cl2N4O. The van der Waals surface area contributed by atoms with Gasteiger partial charge in [-0.15, -0.1) is 0 Å². The van der Waals surface area contributed by atoms with Crippen molar-refractivity contribution in [1.82, 2.24) is 10.3 Å². The minimum Gasteiger partial charge on any atom is -0.281 e. The van der Waals surface area contributed by atoms with Gasteiger partial charge in [0.25, 0.3) is 0 Å². The van der Waals surface area contributed by atoms with Gasteiger partial charge in [0.1, 0.15) is 0 Å². The molecule has 0 radical (unpaired) electrons. The second kappa shape index (κ2) is 10.6. The van der Waals surface area contributed by atoms with Crippen molar-refractivity contribution >= 4 is 52.9 Å². The third-order valence-corrected chi connectivity index (χ3v) is 5.30. The molecule has 0 fully saturated rings. The Labute approximate surface area is 199 Å². The molecule has 0 saturated heterocycles. The molecule has 1 N–H and O–H groups in total. The highest BCUT2D eigenvalue weighted by Crippen LogP contribution is 2.22. The predicted octanol–water partition coefficient (Wildman–Crippen LogP) is 5.91. The van der Waals surface area contributed by atoms with Crippen LogP contribution in [0.5, 0.6) is 0 Å². The van der Waals surface area contributed by atoms with E-state index in [0.717, 1.165) is 11.1 Å². The van der Waals surface area contributed by atoms with E-state index in [1.165, 1.54) is 6.92 Å². The summed E-state index contributed by atoms with van der Waals surface area (Å²) < 4.78 is 0. The van der Waals surface area contributed by atoms with Crippen molar-refractivity contribution in [3.05, 3.63) is 81.9 Å². The maximum Gasteiger partial charge on any atom is 0.226 e. The van der Waals surface area contributed by atoms with Crippen LogP contribution in [0.3, 0.4) is 0 Å². The van der Waals surface area contributed by atoms with Gasteiger partial charge in [0, 0.05) is 35.5 Å². The van der Waals surface area contributed by atoms with Gasteiger partial charge in [-0.3, -0.25) is 14.7 Å². The zero-order chi connectivity index (χ0) is 23.1. The molecule has 2 aromatic carbocycles. The maximum atomic E-state index is 12.1. The number of carbonyl (C=O) groups excluding carboxylic acids is 1. The number of halogens is 2. The molecule has 2 aromatic rings. The van der Waals surface area contributed by atoms with Gasteiger partial charge in [-0.05, 0) is 47.5 Å². The van der Waals surface area contributed by atoms with E-state index in [0.29, 0.717) is 34.8 Å². The van der Waals surface area contributed by atoms with Crippen molar-refractivity contribution in [3.63, 3.8) is 0 Å². The molecule has 0 atom stereocenters. The van der Waals surface area contributed by atoms with Crippen molar-refractivity contribution in [3.8, 4) is 0 Å². The van der Waals surface area contributed by atoms with Crippen LogP contribution in [-0.4, -0.2) is 35.6 Å². The molecule has 0 bridgehead atoms. The fourth-order valence-corrected chi connectivity index (χ4v) is 3.29. The Balaban J connectivity index is 1.85. The van der Waals surface area contributed by atoms with Crippen LogP contribution in [0.4, 0.5) is 0 Å². The first-order valence-electron chi connectivity index (χ1n) is 10.3. The Bertz CT molecular complexity index is 1010. The number of hydrazone groups is 1. The maximum absolute atomic E-state index is 12.1. The summed E-state index contributed by atoms with van der Waals surface area (Å²) in [5.74, 6) is 0.378. The van der Waals surface area contributed by atoms with E-state index in [2.05, 4.69) is 29.4 Å². The number of rotatable bonds is 5. The molecule has 0 aromatic heterocycles. The number of aliphatic imine (C=N–C) groups is 1. The number of benzene rings is 2. The first-order valence-corrected chi connectivity index (χ1v) is 11.0. The van der Waals surface area contributed by atoms with Crippen LogP contribution in [0.15, 0.2) is 70.8 Å². The molecule has 1 amide bonds. The lowest BCUT2D eigenvalue weighted by Gasteiger charge is -2.35. The molecule has 32 heavy (non-hydrogen) atoms. The summed E-state index contributed by atoms with van der Waals surface area (Å²) >= 11 is 11.9. The predicted molar refractivity (Wildman–Crippen MR) is 135 cm³/mol. The Morgan fingerprint density at radius 1 is 1.00 bits per heavy atom. The zero-order valence-electron chi connectivity index (χ0n) is 18.3. The molecule has 166 valence electrons. The van der Waals surface area contributed by atoms with Gasteiger partial charge >= 0.3 is 0 Å². The molecule has 1 heterocycles. The van der Waals surface area contributed by atoms with E-state index >= 15 is 0 Å². The molecule has 1 aliphatic heterocycles. The smallest absolute Gasteiger partial charge is 0.226 e. The average molecular weight is 469 g/mol. The fourth-order valence-electron chi connectivity index (χ4n) is 3.04. The van der Waals surface area contributed by atoms with E-state index in [1.54, 1.807) is 4.90 Å². The van der Waals surface area contributed by atoms with Crippen molar-refractivity contribution in [1.29, 1.82) is 0 Å². The minimum absolute atomic E-state index is 0.0748. The van der Waals surface area contributed by atoms with Gasteiger partial charge in [-0.1, -0.05) is 73.5 Å². The van der Waals surface area contributed by atoms with Crippen molar-refractivity contribution in [2.24, 2.45) is 15.5 Å². The van der Waals surface area contributed by atoms with Crippen molar-refractivity contribution in [2.45, 2.75) is 20.8 Å². The van der Waals surface area contributed by atoms with Gasteiger partial charge in [0.05, 0.1) is 5.71 Å². The zero-order valence-corrected chi connectivity index (χ0v) is 19.9. The summed E-state index contributed by atoms with van der Waals surface area (Å²) in [6, 6.07) is 15.1. The topological polar surface area (TPSA) is 57.1 Å². The van der Waals surface area contributed by atoms with Gasteiger partial charge in [-0.25, -0.2) is 5.43 Å². The van der Waals surface area contributed by atoms with Gasteiger partial charge in [-0.2, -0.15) is 5.10 Å². The van der Waals surface area contributed by atoms with Gasteiger partial charge in [0.15, 0.2) is 0 Å². The van der Waals surface area contributed by atoms with Crippen molar-refractivity contribution in [2.75, 3.05) is 13.1 Å². The standard InChI is InChI=1S/C25H26Cl2N4O/c1-18(32)31-17-25(2,3)16-28-24(31)30-29-23(14-8-19-4-10-21(26)11-5-19)15-9-20-6-12-22(27)13-7-20/h4-15H,16-17H2,1-3H3,(H,28,30). The second-order valence-electron chi connectivity index (χ2n) is 8.33. The summed E-state index contributed by atoms with van der Waals surface area (Å²) in [5, 5.41) is 5.88. The van der Waals surface area contributed by atoms with Gasteiger partial charge < -0.3 is 0 Å². The number of hydrogen-bond acceptors (Lipinski definition) is 4. The van der Waals surface area contributed by atoms with Crippen molar-refractivity contribution < 1.29 is 4.79 Å². The summed E-state index contributed by atoms with van der Waals surface area (Å²) in [6.45, 7) is 6.90. The number of amides is 1. The Kier molecular flexibility index (Phi) is 7.89. The van der Waals surface area contributed by atoms with Gasteiger partial charge in [0.2, 0.25) is 11.9 Å². The average Bonchev–Trinajstić information content (AvgIpc) is 2.75. The van der Waals surface area contributed by atoms with Crippen LogP contribution in [0, 0.1) is 5.41 Å². The van der Waals surface area contributed by atoms with Crippen LogP contribution >= 0.6 is 23.2 Å². The third kappa shape index (κ3) is 7.08. The monoisotopic (exact) mass is 468 g/mol. The number of nitrogens with zero attached hydrogens (tertiary/aromatic N) is 3. The molecular weight excluding hydrogens is 443 g/mol. The number of guanidine groups is 1. The quantitative estimate of drug-likeness (QED) is 0.437. The molecule has 1 aliphatic rings. The number of hydrogen-bond donors (Lipinski definition) is 1. The summed E-state index contributed by atoms with van der Waals surface area (Å²) in [7, 11) is 0. The van der Waals surface area contributed by atoms with E-state index in [-0.39, 0.29) is 11.3 Å². The fraction of sp³-hybridized carbons (Fsp3) is 0.240. The summed E-state index contributed by atoms with van der Waals surface area (Å²) in [6.07, 6.45) is 7.65. The lowest BCUT2D eigenvalue weighted by atomic mass is 9.92. The normalized spacial score (nSPS) is 15.7. The van der Waals surface area contributed by atoms with E-state index in [4.69, 9.17) is 23.2 Å².